The van der Waals surface area contributed by atoms with Gasteiger partial charge in [0.25, 0.3) is 5.91 Å². The molecule has 0 fully saturated rings. The molecule has 0 aromatic heterocycles. The van der Waals surface area contributed by atoms with Gasteiger partial charge in [0.05, 0.1) is 6.08 Å². The lowest BCUT2D eigenvalue weighted by Crippen LogP contribution is -2.25. The van der Waals surface area contributed by atoms with E-state index < -0.39 is 17.6 Å². The second-order valence-corrected chi connectivity index (χ2v) is 1.93. The van der Waals surface area contributed by atoms with E-state index in [1.807, 2.05) is 0 Å². The number of aliphatic hydroxyl groups is 1. The fourth-order valence-corrected chi connectivity index (χ4v) is 0.456. The van der Waals surface area contributed by atoms with Crippen molar-refractivity contribution in [2.45, 2.75) is 0 Å². The summed E-state index contributed by atoms with van der Waals surface area (Å²) in [6.07, 6.45) is 2.08. The molecular weight excluding hydrogens is 160 g/mol. The van der Waals surface area contributed by atoms with Gasteiger partial charge in [0.2, 0.25) is 5.91 Å². The highest BCUT2D eigenvalue weighted by molar-refractivity contribution is 5.98. The van der Waals surface area contributed by atoms with Crippen LogP contribution >= 0.6 is 0 Å². The summed E-state index contributed by atoms with van der Waals surface area (Å²) in [5.41, 5.74) is 4.68. The van der Waals surface area contributed by atoms with E-state index in [1.165, 1.54) is 6.08 Å². The van der Waals surface area contributed by atoms with Gasteiger partial charge >= 0.3 is 0 Å². The minimum absolute atomic E-state index is 0.218. The quantitative estimate of drug-likeness (QED) is 0.293. The lowest BCUT2D eigenvalue weighted by atomic mass is 10.4. The average Bonchev–Trinajstić information content (AvgIpc) is 1.98. The minimum Gasteiger partial charge on any atom is -0.503 e. The number of hydrogen-bond acceptors (Lipinski definition) is 3. The van der Waals surface area contributed by atoms with Crippen molar-refractivity contribution in [3.05, 3.63) is 24.5 Å². The molecule has 0 aliphatic rings. The Kier molecular flexibility index (Phi) is 4.21. The second-order valence-electron chi connectivity index (χ2n) is 1.93. The number of nitrogens with one attached hydrogen (secondary N) is 1. The maximum atomic E-state index is 10.8. The first-order valence-electron chi connectivity index (χ1n) is 3.17. The molecule has 4 N–H and O–H groups in total. The van der Waals surface area contributed by atoms with Gasteiger partial charge in [-0.1, -0.05) is 6.08 Å². The Morgan fingerprint density at radius 1 is 1.58 bits per heavy atom. The van der Waals surface area contributed by atoms with Crippen LogP contribution in [0, 0.1) is 0 Å². The molecule has 12 heavy (non-hydrogen) atoms. The summed E-state index contributed by atoms with van der Waals surface area (Å²) in [7, 11) is 0. The first kappa shape index (κ1) is 10.2. The first-order valence-corrected chi connectivity index (χ1v) is 3.17. The van der Waals surface area contributed by atoms with Crippen molar-refractivity contribution in [1.82, 2.24) is 5.32 Å². The fourth-order valence-electron chi connectivity index (χ4n) is 0.456. The molecule has 0 spiro atoms. The van der Waals surface area contributed by atoms with Gasteiger partial charge in [-0.25, -0.2) is 0 Å². The highest BCUT2D eigenvalue weighted by atomic mass is 16.3. The molecule has 0 aromatic rings. The van der Waals surface area contributed by atoms with Crippen LogP contribution in [0.25, 0.3) is 0 Å². The van der Waals surface area contributed by atoms with Crippen molar-refractivity contribution in [2.75, 3.05) is 6.54 Å². The van der Waals surface area contributed by atoms with E-state index in [4.69, 9.17) is 5.11 Å². The minimum atomic E-state index is -0.874. The van der Waals surface area contributed by atoms with Gasteiger partial charge in [-0.3, -0.25) is 9.59 Å². The van der Waals surface area contributed by atoms with E-state index >= 15 is 0 Å². The summed E-state index contributed by atoms with van der Waals surface area (Å²) in [6, 6.07) is 0. The molecule has 5 heteroatoms. The molecule has 0 unspecified atom stereocenters. The van der Waals surface area contributed by atoms with Crippen molar-refractivity contribution in [3.63, 3.8) is 0 Å². The van der Waals surface area contributed by atoms with Crippen molar-refractivity contribution >= 4 is 11.8 Å². The number of carbonyl (C=O) groups is 2. The van der Waals surface area contributed by atoms with Crippen molar-refractivity contribution in [2.24, 2.45) is 5.73 Å². The highest BCUT2D eigenvalue weighted by Gasteiger charge is 2.05. The molecule has 0 radical (unpaired) electrons. The Labute approximate surface area is 69.6 Å². The molecule has 0 atom stereocenters. The largest absolute Gasteiger partial charge is 0.503 e. The third kappa shape index (κ3) is 4.10. The molecule has 0 aliphatic heterocycles. The number of nitrogens with two attached hydrogens (primary N) is 1. The van der Waals surface area contributed by atoms with Crippen LogP contribution in [0.15, 0.2) is 24.5 Å². The predicted octanol–water partition coefficient (Wildman–Crippen LogP) is -0.784. The van der Waals surface area contributed by atoms with Crippen LogP contribution in [0.4, 0.5) is 0 Å². The van der Waals surface area contributed by atoms with Crippen molar-refractivity contribution < 1.29 is 14.7 Å². The Hall–Kier alpha value is -1.78. The molecular formula is C7H10N2O3. The standard InChI is InChI=1S/C7H10N2O3/c1-2-3-9-7(12)5(10)4-6(8)11/h2,4,10H,1,3H2,(H2,8,11)(H,9,12)/b5-4+. The molecule has 0 aliphatic carbocycles. The summed E-state index contributed by atoms with van der Waals surface area (Å²) in [5, 5.41) is 11.1. The number of carbonyl (C=O) groups excluding carboxylic acids is 2. The topological polar surface area (TPSA) is 92.4 Å². The third-order valence-electron chi connectivity index (χ3n) is 0.919. The summed E-state index contributed by atoms with van der Waals surface area (Å²) < 4.78 is 0. The zero-order valence-electron chi connectivity index (χ0n) is 6.41. The average molecular weight is 170 g/mol. The lowest BCUT2D eigenvalue weighted by molar-refractivity contribution is -0.120. The van der Waals surface area contributed by atoms with Crippen LogP contribution in [-0.2, 0) is 9.59 Å². The Morgan fingerprint density at radius 3 is 2.58 bits per heavy atom. The molecule has 0 saturated carbocycles. The van der Waals surface area contributed by atoms with Crippen molar-refractivity contribution in [1.29, 1.82) is 0 Å². The Balaban J connectivity index is 4.09. The van der Waals surface area contributed by atoms with Gasteiger partial charge in [0.1, 0.15) is 0 Å². The van der Waals surface area contributed by atoms with Gasteiger partial charge in [0.15, 0.2) is 5.76 Å². The zero-order chi connectivity index (χ0) is 9.56. The van der Waals surface area contributed by atoms with Crippen LogP contribution in [0.1, 0.15) is 0 Å². The van der Waals surface area contributed by atoms with E-state index in [9.17, 15) is 9.59 Å². The monoisotopic (exact) mass is 170 g/mol. The highest BCUT2D eigenvalue weighted by Crippen LogP contribution is 1.86. The second kappa shape index (κ2) is 4.95. The number of primary amides is 1. The number of rotatable bonds is 4. The number of amides is 2. The molecule has 0 heterocycles. The van der Waals surface area contributed by atoms with E-state index in [-0.39, 0.29) is 6.54 Å². The molecule has 2 amide bonds. The maximum Gasteiger partial charge on any atom is 0.286 e. The van der Waals surface area contributed by atoms with Crippen LogP contribution < -0.4 is 11.1 Å². The number of hydrogen-bond donors (Lipinski definition) is 3. The Bertz CT molecular complexity index is 233. The van der Waals surface area contributed by atoms with Gasteiger partial charge in [-0.05, 0) is 0 Å². The molecule has 5 nitrogen and oxygen atoms in total. The van der Waals surface area contributed by atoms with E-state index in [0.29, 0.717) is 6.08 Å². The van der Waals surface area contributed by atoms with Gasteiger partial charge < -0.3 is 16.2 Å². The van der Waals surface area contributed by atoms with Crippen LogP contribution in [0.2, 0.25) is 0 Å². The van der Waals surface area contributed by atoms with Gasteiger partial charge in [-0.15, -0.1) is 6.58 Å². The third-order valence-corrected chi connectivity index (χ3v) is 0.919. The normalized spacial score (nSPS) is 10.5. The van der Waals surface area contributed by atoms with Crippen LogP contribution in [-0.4, -0.2) is 23.5 Å². The smallest absolute Gasteiger partial charge is 0.286 e. The van der Waals surface area contributed by atoms with E-state index in [1.54, 1.807) is 0 Å². The Morgan fingerprint density at radius 2 is 2.17 bits per heavy atom. The van der Waals surface area contributed by atoms with Crippen molar-refractivity contribution in [3.8, 4) is 0 Å². The summed E-state index contributed by atoms with van der Waals surface area (Å²) in [5.74, 6) is -2.33. The van der Waals surface area contributed by atoms with Crippen LogP contribution in [0.3, 0.4) is 0 Å². The first-order chi connectivity index (χ1) is 5.57. The molecule has 0 rings (SSSR count). The van der Waals surface area contributed by atoms with Gasteiger partial charge in [-0.2, -0.15) is 0 Å². The molecule has 0 aromatic carbocycles. The summed E-state index contributed by atoms with van der Waals surface area (Å²) in [6.45, 7) is 3.56. The molecule has 66 valence electrons. The van der Waals surface area contributed by atoms with E-state index in [2.05, 4.69) is 17.6 Å². The fraction of sp³-hybridized carbons (Fsp3) is 0.143. The zero-order valence-corrected chi connectivity index (χ0v) is 6.41. The predicted molar refractivity (Wildman–Crippen MR) is 43.1 cm³/mol. The molecule has 0 bridgehead atoms. The lowest BCUT2D eigenvalue weighted by Gasteiger charge is -1.98. The maximum absolute atomic E-state index is 10.8. The van der Waals surface area contributed by atoms with E-state index in [0.717, 1.165) is 0 Å². The van der Waals surface area contributed by atoms with Gasteiger partial charge in [0, 0.05) is 6.54 Å². The SMILES string of the molecule is C=CCNC(=O)/C(O)=C\C(N)=O. The summed E-state index contributed by atoms with van der Waals surface area (Å²) >= 11 is 0. The number of aliphatic hydroxyl groups excluding tert-OH is 1. The van der Waals surface area contributed by atoms with Crippen LogP contribution in [0.5, 0.6) is 0 Å². The summed E-state index contributed by atoms with van der Waals surface area (Å²) in [4.78, 5) is 20.9. The molecule has 0 saturated heterocycles.